The number of aromatic amines is 1. The summed E-state index contributed by atoms with van der Waals surface area (Å²) in [6, 6.07) is 7.87. The highest BCUT2D eigenvalue weighted by Crippen LogP contribution is 2.25. The van der Waals surface area contributed by atoms with Gasteiger partial charge in [0.15, 0.2) is 10.6 Å². The molecule has 3 aromatic heterocycles. The summed E-state index contributed by atoms with van der Waals surface area (Å²) >= 11 is 6.85. The third-order valence-corrected chi connectivity index (χ3v) is 5.95. The molecule has 1 amide bonds. The summed E-state index contributed by atoms with van der Waals surface area (Å²) in [6.07, 6.45) is 0.528. The number of amides is 1. The lowest BCUT2D eigenvalue weighted by Crippen LogP contribution is -2.33. The molecule has 3 heterocycles. The summed E-state index contributed by atoms with van der Waals surface area (Å²) in [5.41, 5.74) is 1.46. The molecular formula is C19H19FN6OS2. The van der Waals surface area contributed by atoms with Crippen molar-refractivity contribution in [2.45, 2.75) is 19.4 Å². The van der Waals surface area contributed by atoms with E-state index in [1.807, 2.05) is 29.1 Å². The lowest BCUT2D eigenvalue weighted by atomic mass is 10.3. The fourth-order valence-corrected chi connectivity index (χ4v) is 4.25. The highest BCUT2D eigenvalue weighted by molar-refractivity contribution is 7.71. The van der Waals surface area contributed by atoms with Gasteiger partial charge in [-0.15, -0.1) is 11.3 Å². The molecule has 0 bridgehead atoms. The molecule has 1 aromatic carbocycles. The first-order chi connectivity index (χ1) is 14.0. The number of nitrogens with zero attached hydrogens (tertiary/aromatic N) is 4. The third-order valence-electron chi connectivity index (χ3n) is 4.80. The zero-order chi connectivity index (χ0) is 20.5. The van der Waals surface area contributed by atoms with E-state index in [0.29, 0.717) is 29.1 Å². The van der Waals surface area contributed by atoms with Crippen LogP contribution >= 0.6 is 23.6 Å². The van der Waals surface area contributed by atoms with Crippen LogP contribution in [0.5, 0.6) is 0 Å². The quantitative estimate of drug-likeness (QED) is 0.458. The maximum atomic E-state index is 13.4. The van der Waals surface area contributed by atoms with E-state index in [0.717, 1.165) is 16.2 Å². The summed E-state index contributed by atoms with van der Waals surface area (Å²) in [6.45, 7) is 2.19. The van der Waals surface area contributed by atoms with Crippen LogP contribution in [0.2, 0.25) is 0 Å². The van der Waals surface area contributed by atoms with Crippen LogP contribution < -0.4 is 5.32 Å². The first kappa shape index (κ1) is 19.5. The molecule has 0 spiro atoms. The number of thiophene rings is 1. The molecule has 7 nitrogen and oxygen atoms in total. The fraction of sp³-hybridized carbons (Fsp3) is 0.263. The van der Waals surface area contributed by atoms with Gasteiger partial charge in [-0.25, -0.2) is 9.37 Å². The Morgan fingerprint density at radius 3 is 3.00 bits per heavy atom. The van der Waals surface area contributed by atoms with E-state index in [9.17, 15) is 9.18 Å². The van der Waals surface area contributed by atoms with Gasteiger partial charge in [0.25, 0.3) is 0 Å². The number of H-pyrrole nitrogens is 1. The number of carbonyl (C=O) groups excluding carboxylic acids is 1. The molecule has 0 aliphatic carbocycles. The Balaban J connectivity index is 1.45. The second-order valence-electron chi connectivity index (χ2n) is 6.64. The lowest BCUT2D eigenvalue weighted by Gasteiger charge is -2.15. The molecule has 0 saturated heterocycles. The maximum absolute atomic E-state index is 13.4. The number of hydrogen-bond donors (Lipinski definition) is 2. The maximum Gasteiger partial charge on any atom is 0.242 e. The Morgan fingerprint density at radius 1 is 1.41 bits per heavy atom. The molecular weight excluding hydrogens is 411 g/mol. The van der Waals surface area contributed by atoms with Crippen molar-refractivity contribution >= 4 is 40.5 Å². The van der Waals surface area contributed by atoms with Gasteiger partial charge < -0.3 is 9.88 Å². The van der Waals surface area contributed by atoms with E-state index in [1.54, 1.807) is 17.6 Å². The second-order valence-corrected chi connectivity index (χ2v) is 7.97. The Morgan fingerprint density at radius 2 is 2.24 bits per heavy atom. The van der Waals surface area contributed by atoms with Crippen molar-refractivity contribution in [2.24, 2.45) is 7.05 Å². The SMILES string of the molecule is CC(C(=O)NCCc1nc2cc(F)ccc2n1C)n1c(-c2cccs2)n[nH]c1=S. The van der Waals surface area contributed by atoms with Gasteiger partial charge in [-0.1, -0.05) is 6.07 Å². The van der Waals surface area contributed by atoms with Crippen LogP contribution in [-0.4, -0.2) is 36.8 Å². The predicted octanol–water partition coefficient (Wildman–Crippen LogP) is 3.61. The summed E-state index contributed by atoms with van der Waals surface area (Å²) in [5.74, 6) is 0.940. The van der Waals surface area contributed by atoms with Crippen molar-refractivity contribution in [1.29, 1.82) is 0 Å². The molecule has 10 heteroatoms. The van der Waals surface area contributed by atoms with Gasteiger partial charge in [-0.05, 0) is 42.7 Å². The number of benzene rings is 1. The van der Waals surface area contributed by atoms with Crippen molar-refractivity contribution in [3.63, 3.8) is 0 Å². The Labute approximate surface area is 175 Å². The monoisotopic (exact) mass is 430 g/mol. The van der Waals surface area contributed by atoms with Gasteiger partial charge in [0.2, 0.25) is 5.91 Å². The van der Waals surface area contributed by atoms with E-state index in [4.69, 9.17) is 12.2 Å². The largest absolute Gasteiger partial charge is 0.354 e. The minimum atomic E-state index is -0.520. The van der Waals surface area contributed by atoms with Crippen LogP contribution in [0.3, 0.4) is 0 Å². The summed E-state index contributed by atoms with van der Waals surface area (Å²) in [7, 11) is 1.88. The number of aromatic nitrogens is 5. The molecule has 0 aliphatic heterocycles. The number of carbonyl (C=O) groups is 1. The zero-order valence-corrected chi connectivity index (χ0v) is 17.5. The van der Waals surface area contributed by atoms with Crippen molar-refractivity contribution in [1.82, 2.24) is 29.6 Å². The van der Waals surface area contributed by atoms with Gasteiger partial charge >= 0.3 is 0 Å². The van der Waals surface area contributed by atoms with Gasteiger partial charge in [-0.3, -0.25) is 14.5 Å². The Hall–Kier alpha value is -2.85. The first-order valence-electron chi connectivity index (χ1n) is 9.05. The number of rotatable bonds is 6. The molecule has 0 saturated carbocycles. The molecule has 4 aromatic rings. The summed E-state index contributed by atoms with van der Waals surface area (Å²) < 4.78 is 17.4. The number of halogens is 1. The molecule has 0 radical (unpaired) electrons. The van der Waals surface area contributed by atoms with Crippen LogP contribution in [0.1, 0.15) is 18.8 Å². The van der Waals surface area contributed by atoms with Crippen LogP contribution in [0.25, 0.3) is 21.7 Å². The average molecular weight is 431 g/mol. The number of fused-ring (bicyclic) bond motifs is 1. The van der Waals surface area contributed by atoms with Crippen LogP contribution in [0, 0.1) is 10.6 Å². The van der Waals surface area contributed by atoms with Gasteiger partial charge in [0, 0.05) is 26.1 Å². The van der Waals surface area contributed by atoms with Crippen molar-refractivity contribution in [3.8, 4) is 10.7 Å². The topological polar surface area (TPSA) is 80.5 Å². The predicted molar refractivity (Wildman–Crippen MR) is 113 cm³/mol. The smallest absolute Gasteiger partial charge is 0.242 e. The lowest BCUT2D eigenvalue weighted by molar-refractivity contribution is -0.123. The van der Waals surface area contributed by atoms with Gasteiger partial charge in [0.1, 0.15) is 17.7 Å². The number of aryl methyl sites for hydroxylation is 1. The van der Waals surface area contributed by atoms with Crippen LogP contribution in [0.15, 0.2) is 35.7 Å². The molecule has 150 valence electrons. The molecule has 4 rings (SSSR count). The van der Waals surface area contributed by atoms with E-state index >= 15 is 0 Å². The van der Waals surface area contributed by atoms with Gasteiger partial charge in [-0.2, -0.15) is 5.10 Å². The Kier molecular flexibility index (Phi) is 5.29. The van der Waals surface area contributed by atoms with E-state index in [2.05, 4.69) is 20.5 Å². The number of nitrogens with one attached hydrogen (secondary N) is 2. The normalized spacial score (nSPS) is 12.4. The van der Waals surface area contributed by atoms with E-state index in [1.165, 1.54) is 23.5 Å². The van der Waals surface area contributed by atoms with Crippen LogP contribution in [-0.2, 0) is 18.3 Å². The van der Waals surface area contributed by atoms with E-state index in [-0.39, 0.29) is 11.7 Å². The Bertz CT molecular complexity index is 1220. The fourth-order valence-electron chi connectivity index (χ4n) is 3.25. The highest BCUT2D eigenvalue weighted by atomic mass is 32.1. The van der Waals surface area contributed by atoms with Crippen molar-refractivity contribution in [3.05, 3.63) is 52.1 Å². The zero-order valence-electron chi connectivity index (χ0n) is 15.8. The minimum Gasteiger partial charge on any atom is -0.354 e. The molecule has 0 fully saturated rings. The van der Waals surface area contributed by atoms with Crippen LogP contribution in [0.4, 0.5) is 4.39 Å². The minimum absolute atomic E-state index is 0.162. The standard InChI is InChI=1S/C19H19FN6OS2/c1-11(26-17(23-24-19(26)28)15-4-3-9-29-15)18(27)21-8-7-16-22-13-10-12(20)5-6-14(13)25(16)2/h3-6,9-11H,7-8H2,1-2H3,(H,21,27)(H,24,28). The van der Waals surface area contributed by atoms with Crippen molar-refractivity contribution < 1.29 is 9.18 Å². The summed E-state index contributed by atoms with van der Waals surface area (Å²) in [5, 5.41) is 11.9. The van der Waals surface area contributed by atoms with Crippen molar-refractivity contribution in [2.75, 3.05) is 6.54 Å². The van der Waals surface area contributed by atoms with E-state index < -0.39 is 6.04 Å². The first-order valence-corrected chi connectivity index (χ1v) is 10.3. The molecule has 0 aliphatic rings. The molecule has 1 atom stereocenters. The molecule has 1 unspecified atom stereocenters. The number of hydrogen-bond acceptors (Lipinski definition) is 5. The average Bonchev–Trinajstić information content (AvgIpc) is 3.41. The second kappa shape index (κ2) is 7.88. The summed E-state index contributed by atoms with van der Waals surface area (Å²) in [4.78, 5) is 18.1. The molecule has 29 heavy (non-hydrogen) atoms. The molecule has 2 N–H and O–H groups in total. The third kappa shape index (κ3) is 3.73. The number of imidazole rings is 1. The highest BCUT2D eigenvalue weighted by Gasteiger charge is 2.21. The van der Waals surface area contributed by atoms with Gasteiger partial charge in [0.05, 0.1) is 15.9 Å².